The van der Waals surface area contributed by atoms with E-state index in [9.17, 15) is 0 Å². The number of nitrogens with zero attached hydrogens (tertiary/aromatic N) is 1. The molecule has 0 saturated heterocycles. The van der Waals surface area contributed by atoms with Crippen LogP contribution in [0.3, 0.4) is 0 Å². The summed E-state index contributed by atoms with van der Waals surface area (Å²) in [7, 11) is 1.64. The molecule has 0 bridgehead atoms. The number of aromatic nitrogens is 1. The molecule has 0 radical (unpaired) electrons. The minimum atomic E-state index is 0.122. The van der Waals surface area contributed by atoms with Gasteiger partial charge in [-0.15, -0.1) is 0 Å². The van der Waals surface area contributed by atoms with Gasteiger partial charge in [0, 0.05) is 12.7 Å². The fraction of sp³-hybridized carbons (Fsp3) is 0.286. The smallest absolute Gasteiger partial charge is 0.231 e. The summed E-state index contributed by atoms with van der Waals surface area (Å²) in [6.07, 6.45) is 2.75. The van der Waals surface area contributed by atoms with Crippen LogP contribution in [0, 0.1) is 6.92 Å². The van der Waals surface area contributed by atoms with Crippen molar-refractivity contribution in [3.63, 3.8) is 0 Å². The van der Waals surface area contributed by atoms with Crippen molar-refractivity contribution in [3.8, 4) is 17.2 Å². The van der Waals surface area contributed by atoms with Crippen LogP contribution in [-0.4, -0.2) is 18.9 Å². The first-order chi connectivity index (χ1) is 13.2. The van der Waals surface area contributed by atoms with Gasteiger partial charge in [0.25, 0.3) is 0 Å². The topological polar surface area (TPSA) is 52.6 Å². The first kappa shape index (κ1) is 17.8. The summed E-state index contributed by atoms with van der Waals surface area (Å²) < 4.78 is 16.5. The normalized spacial score (nSPS) is 13.6. The predicted octanol–water partition coefficient (Wildman–Crippen LogP) is 4.26. The minimum Gasteiger partial charge on any atom is -0.493 e. The van der Waals surface area contributed by atoms with E-state index in [1.165, 1.54) is 11.1 Å². The number of hydrogen-bond donors (Lipinski definition) is 1. The zero-order valence-electron chi connectivity index (χ0n) is 15.4. The Kier molecular flexibility index (Phi) is 5.27. The van der Waals surface area contributed by atoms with Gasteiger partial charge in [-0.25, -0.2) is 0 Å². The van der Waals surface area contributed by atoms with Crippen molar-refractivity contribution >= 4 is 11.3 Å². The van der Waals surface area contributed by atoms with Crippen LogP contribution in [0.15, 0.2) is 47.3 Å². The number of hydrogen-bond acceptors (Lipinski definition) is 6. The molecule has 2 aromatic heterocycles. The second-order valence-electron chi connectivity index (χ2n) is 6.51. The first-order valence-corrected chi connectivity index (χ1v) is 9.81. The van der Waals surface area contributed by atoms with Gasteiger partial charge in [-0.1, -0.05) is 6.07 Å². The third kappa shape index (κ3) is 3.91. The molecule has 5 nitrogen and oxygen atoms in total. The van der Waals surface area contributed by atoms with Crippen LogP contribution in [0.5, 0.6) is 17.2 Å². The highest BCUT2D eigenvalue weighted by Gasteiger charge is 2.21. The summed E-state index contributed by atoms with van der Waals surface area (Å²) >= 11 is 1.72. The van der Waals surface area contributed by atoms with Gasteiger partial charge in [0.15, 0.2) is 11.5 Å². The van der Waals surface area contributed by atoms with Gasteiger partial charge in [0.05, 0.1) is 18.8 Å². The highest BCUT2D eigenvalue weighted by atomic mass is 32.1. The van der Waals surface area contributed by atoms with Gasteiger partial charge in [-0.2, -0.15) is 11.3 Å². The van der Waals surface area contributed by atoms with Crippen molar-refractivity contribution in [1.82, 2.24) is 10.3 Å². The molecule has 1 aromatic carbocycles. The number of fused-ring (bicyclic) bond motifs is 1. The monoisotopic (exact) mass is 382 g/mol. The molecule has 1 N–H and O–H groups in total. The molecule has 4 rings (SSSR count). The van der Waals surface area contributed by atoms with Crippen LogP contribution in [0.4, 0.5) is 0 Å². The largest absolute Gasteiger partial charge is 0.493 e. The second-order valence-corrected chi connectivity index (χ2v) is 7.29. The molecule has 1 aliphatic rings. The molecule has 1 aliphatic heterocycles. The van der Waals surface area contributed by atoms with E-state index < -0.39 is 0 Å². The number of pyridine rings is 1. The van der Waals surface area contributed by atoms with E-state index >= 15 is 0 Å². The Balaban J connectivity index is 1.56. The maximum atomic E-state index is 5.54. The number of ether oxygens (including phenoxy) is 3. The van der Waals surface area contributed by atoms with Crippen LogP contribution in [0.1, 0.15) is 28.4 Å². The Morgan fingerprint density at radius 3 is 2.96 bits per heavy atom. The summed E-state index contributed by atoms with van der Waals surface area (Å²) in [4.78, 5) is 4.63. The zero-order valence-corrected chi connectivity index (χ0v) is 16.2. The molecule has 6 heteroatoms. The Bertz CT molecular complexity index is 912. The summed E-state index contributed by atoms with van der Waals surface area (Å²) in [5, 5.41) is 7.97. The first-order valence-electron chi connectivity index (χ1n) is 8.87. The lowest BCUT2D eigenvalue weighted by molar-refractivity contribution is 0.171. The van der Waals surface area contributed by atoms with Gasteiger partial charge in [0.1, 0.15) is 0 Å². The Morgan fingerprint density at radius 2 is 2.19 bits per heavy atom. The van der Waals surface area contributed by atoms with E-state index in [2.05, 4.69) is 40.1 Å². The quantitative estimate of drug-likeness (QED) is 0.662. The molecule has 1 atom stereocenters. The van der Waals surface area contributed by atoms with E-state index in [4.69, 9.17) is 14.2 Å². The lowest BCUT2D eigenvalue weighted by atomic mass is 10.0. The maximum absolute atomic E-state index is 5.54. The number of methoxy groups -OCH3 is 1. The lowest BCUT2D eigenvalue weighted by Crippen LogP contribution is -2.24. The number of nitrogens with one attached hydrogen (secondary N) is 1. The van der Waals surface area contributed by atoms with Crippen LogP contribution < -0.4 is 19.5 Å². The molecule has 0 aliphatic carbocycles. The van der Waals surface area contributed by atoms with Crippen molar-refractivity contribution in [2.45, 2.75) is 25.9 Å². The van der Waals surface area contributed by atoms with Crippen LogP contribution in [-0.2, 0) is 13.0 Å². The Labute approximate surface area is 162 Å². The summed E-state index contributed by atoms with van der Waals surface area (Å²) in [6, 6.07) is 10.4. The molecular weight excluding hydrogens is 360 g/mol. The standard InChI is InChI=1S/C21H22N2O3S/c1-14-4-3-6-22-20(14)17(8-15-5-7-27-12-15)23-11-16-9-18(24-2)21-19(10-16)25-13-26-21/h3-7,9-10,12,17,23H,8,11,13H2,1-2H3. The SMILES string of the molecule is COc1cc(CNC(Cc2ccsc2)c2ncccc2C)cc2c1OCO2. The molecule has 27 heavy (non-hydrogen) atoms. The van der Waals surface area contributed by atoms with E-state index in [1.807, 2.05) is 24.4 Å². The molecule has 3 heterocycles. The molecule has 3 aromatic rings. The highest BCUT2D eigenvalue weighted by molar-refractivity contribution is 7.07. The number of aryl methyl sites for hydroxylation is 1. The van der Waals surface area contributed by atoms with Crippen molar-refractivity contribution in [2.75, 3.05) is 13.9 Å². The van der Waals surface area contributed by atoms with Gasteiger partial charge in [0.2, 0.25) is 12.5 Å². The molecular formula is C21H22N2O3S. The molecule has 0 spiro atoms. The second kappa shape index (κ2) is 7.98. The third-order valence-corrected chi connectivity index (χ3v) is 5.40. The lowest BCUT2D eigenvalue weighted by Gasteiger charge is -2.20. The van der Waals surface area contributed by atoms with Gasteiger partial charge in [-0.3, -0.25) is 4.98 Å². The average Bonchev–Trinajstić information content (AvgIpc) is 3.36. The van der Waals surface area contributed by atoms with Gasteiger partial charge in [-0.05, 0) is 65.1 Å². The van der Waals surface area contributed by atoms with E-state index in [-0.39, 0.29) is 12.8 Å². The summed E-state index contributed by atoms with van der Waals surface area (Å²) in [5.74, 6) is 2.11. The highest BCUT2D eigenvalue weighted by Crippen LogP contribution is 2.41. The van der Waals surface area contributed by atoms with Gasteiger partial charge < -0.3 is 19.5 Å². The van der Waals surface area contributed by atoms with Gasteiger partial charge >= 0.3 is 0 Å². The van der Waals surface area contributed by atoms with Crippen LogP contribution in [0.25, 0.3) is 0 Å². The molecule has 0 fully saturated rings. The minimum absolute atomic E-state index is 0.122. The number of thiophene rings is 1. The van der Waals surface area contributed by atoms with Crippen molar-refractivity contribution in [2.24, 2.45) is 0 Å². The van der Waals surface area contributed by atoms with Crippen molar-refractivity contribution in [1.29, 1.82) is 0 Å². The molecule has 0 amide bonds. The predicted molar refractivity (Wildman–Crippen MR) is 106 cm³/mol. The van der Waals surface area contributed by atoms with Crippen molar-refractivity contribution in [3.05, 3.63) is 69.7 Å². The third-order valence-electron chi connectivity index (χ3n) is 4.67. The zero-order chi connectivity index (χ0) is 18.6. The summed E-state index contributed by atoms with van der Waals surface area (Å²) in [6.45, 7) is 3.02. The fourth-order valence-electron chi connectivity index (χ4n) is 3.30. The van der Waals surface area contributed by atoms with E-state index in [0.29, 0.717) is 18.0 Å². The Morgan fingerprint density at radius 1 is 1.26 bits per heavy atom. The molecule has 0 saturated carbocycles. The van der Waals surface area contributed by atoms with Crippen LogP contribution in [0.2, 0.25) is 0 Å². The summed E-state index contributed by atoms with van der Waals surface area (Å²) in [5.41, 5.74) is 4.66. The fourth-order valence-corrected chi connectivity index (χ4v) is 3.98. The van der Waals surface area contributed by atoms with Crippen LogP contribution >= 0.6 is 11.3 Å². The Hall–Kier alpha value is -2.57. The average molecular weight is 382 g/mol. The molecule has 140 valence electrons. The van der Waals surface area contributed by atoms with E-state index in [1.54, 1.807) is 18.4 Å². The number of benzene rings is 1. The van der Waals surface area contributed by atoms with Crippen molar-refractivity contribution < 1.29 is 14.2 Å². The van der Waals surface area contributed by atoms with E-state index in [0.717, 1.165) is 23.4 Å². The molecule has 1 unspecified atom stereocenters. The number of rotatable bonds is 7. The maximum Gasteiger partial charge on any atom is 0.231 e.